The van der Waals surface area contributed by atoms with E-state index in [1.165, 1.54) is 0 Å². The highest BCUT2D eigenvalue weighted by atomic mass is 16.3. The lowest BCUT2D eigenvalue weighted by atomic mass is 9.85. The molecular weight excluding hydrogens is 300 g/mol. The Bertz CT molecular complexity index is 681. The molecule has 0 aliphatic heterocycles. The lowest BCUT2D eigenvalue weighted by Crippen LogP contribution is -2.25. The number of hydrogen-bond acceptors (Lipinski definition) is 6. The number of carbonyl (C=O) groups excluding carboxylic acids is 2. The number of aliphatic hydroxyl groups is 2. The lowest BCUT2D eigenvalue weighted by Gasteiger charge is -2.20. The van der Waals surface area contributed by atoms with Gasteiger partial charge in [0.1, 0.15) is 11.5 Å². The minimum atomic E-state index is -1.13. The molecular formula is C17H20O6. The van der Waals surface area contributed by atoms with Crippen molar-refractivity contribution in [2.75, 3.05) is 7.11 Å². The van der Waals surface area contributed by atoms with Crippen molar-refractivity contribution in [2.24, 2.45) is 0 Å². The summed E-state index contributed by atoms with van der Waals surface area (Å²) in [4.78, 5) is 24.4. The van der Waals surface area contributed by atoms with Gasteiger partial charge in [-0.05, 0) is 38.5 Å². The van der Waals surface area contributed by atoms with E-state index in [2.05, 4.69) is 0 Å². The number of carbonyl (C=O) groups is 2. The number of ketones is 2. The van der Waals surface area contributed by atoms with Crippen molar-refractivity contribution in [1.82, 2.24) is 0 Å². The smallest absolute Gasteiger partial charge is 0.196 e. The number of aliphatic hydroxyl groups excluding tert-OH is 2. The van der Waals surface area contributed by atoms with Crippen LogP contribution in [0.25, 0.3) is 0 Å². The summed E-state index contributed by atoms with van der Waals surface area (Å²) >= 11 is 0. The van der Waals surface area contributed by atoms with Crippen molar-refractivity contribution in [3.8, 4) is 11.5 Å². The zero-order valence-corrected chi connectivity index (χ0v) is 13.2. The van der Waals surface area contributed by atoms with Gasteiger partial charge in [0.25, 0.3) is 0 Å². The van der Waals surface area contributed by atoms with Gasteiger partial charge in [-0.3, -0.25) is 9.59 Å². The van der Waals surface area contributed by atoms with Gasteiger partial charge < -0.3 is 20.4 Å². The lowest BCUT2D eigenvalue weighted by molar-refractivity contribution is 0.0943. The van der Waals surface area contributed by atoms with Crippen molar-refractivity contribution >= 4 is 11.6 Å². The standard InChI is InChI=1S/C16H16O5.CH4O/c1-8(2)3-4-10(17)9-7-13(20)14-11(18)5-6-12(19)15(14)16(9)21;1-2/h3,5-7,10,17-19H,4H2,1-2H3;2H,1H3/t10-;/m1./s1. The monoisotopic (exact) mass is 320 g/mol. The summed E-state index contributed by atoms with van der Waals surface area (Å²) in [6.45, 7) is 3.71. The molecule has 6 heteroatoms. The second kappa shape index (κ2) is 7.71. The summed E-state index contributed by atoms with van der Waals surface area (Å²) in [5.41, 5.74) is 0.419. The molecule has 0 amide bonds. The maximum atomic E-state index is 12.3. The van der Waals surface area contributed by atoms with E-state index in [1.54, 1.807) is 6.08 Å². The largest absolute Gasteiger partial charge is 0.507 e. The highest BCUT2D eigenvalue weighted by molar-refractivity contribution is 6.26. The number of aromatic hydroxyl groups is 2. The van der Waals surface area contributed by atoms with Gasteiger partial charge in [0.2, 0.25) is 0 Å². The Morgan fingerprint density at radius 2 is 1.61 bits per heavy atom. The van der Waals surface area contributed by atoms with Crippen LogP contribution >= 0.6 is 0 Å². The van der Waals surface area contributed by atoms with Crippen LogP contribution in [0, 0.1) is 0 Å². The Kier molecular flexibility index (Phi) is 6.24. The van der Waals surface area contributed by atoms with Crippen molar-refractivity contribution < 1.29 is 30.0 Å². The molecule has 1 aliphatic carbocycles. The SMILES string of the molecule is CC(C)=CC[C@@H](O)C1=CC(=O)c2c(O)ccc(O)c2C1=O.CO. The number of phenolic OH excluding ortho intramolecular Hbond substituents is 2. The van der Waals surface area contributed by atoms with E-state index in [0.717, 1.165) is 30.9 Å². The van der Waals surface area contributed by atoms with Crippen LogP contribution in [-0.4, -0.2) is 45.2 Å². The molecule has 0 heterocycles. The van der Waals surface area contributed by atoms with Gasteiger partial charge >= 0.3 is 0 Å². The average Bonchev–Trinajstić information content (AvgIpc) is 2.52. The first-order valence-electron chi connectivity index (χ1n) is 6.94. The number of hydrogen-bond donors (Lipinski definition) is 4. The quantitative estimate of drug-likeness (QED) is 0.498. The number of rotatable bonds is 3. The van der Waals surface area contributed by atoms with E-state index in [4.69, 9.17) is 5.11 Å². The highest BCUT2D eigenvalue weighted by Gasteiger charge is 2.33. The van der Waals surface area contributed by atoms with Gasteiger partial charge in [-0.2, -0.15) is 0 Å². The summed E-state index contributed by atoms with van der Waals surface area (Å²) in [6, 6.07) is 2.29. The minimum absolute atomic E-state index is 0.0779. The molecule has 1 aromatic carbocycles. The van der Waals surface area contributed by atoms with Crippen LogP contribution in [0.15, 0.2) is 35.4 Å². The molecule has 0 spiro atoms. The van der Waals surface area contributed by atoms with Gasteiger partial charge in [-0.25, -0.2) is 0 Å². The summed E-state index contributed by atoms with van der Waals surface area (Å²) in [7, 11) is 1.00. The van der Waals surface area contributed by atoms with Crippen LogP contribution in [0.1, 0.15) is 41.0 Å². The van der Waals surface area contributed by atoms with Gasteiger partial charge in [0.15, 0.2) is 11.6 Å². The molecule has 2 rings (SSSR count). The third-order valence-corrected chi connectivity index (χ3v) is 3.29. The predicted octanol–water partition coefficient (Wildman–Crippen LogP) is 1.73. The van der Waals surface area contributed by atoms with Crippen LogP contribution < -0.4 is 0 Å². The highest BCUT2D eigenvalue weighted by Crippen LogP contribution is 2.35. The van der Waals surface area contributed by atoms with Gasteiger partial charge in [-0.15, -0.1) is 0 Å². The van der Waals surface area contributed by atoms with Gasteiger partial charge in [0.05, 0.1) is 17.2 Å². The van der Waals surface area contributed by atoms with Crippen molar-refractivity contribution in [3.05, 3.63) is 46.6 Å². The van der Waals surface area contributed by atoms with Crippen molar-refractivity contribution in [1.29, 1.82) is 0 Å². The molecule has 4 N–H and O–H groups in total. The Balaban J connectivity index is 0.00000127. The first-order valence-corrected chi connectivity index (χ1v) is 6.94. The van der Waals surface area contributed by atoms with E-state index >= 15 is 0 Å². The third kappa shape index (κ3) is 3.85. The Labute approximate surface area is 134 Å². The molecule has 0 bridgehead atoms. The average molecular weight is 320 g/mol. The second-order valence-corrected chi connectivity index (χ2v) is 5.18. The summed E-state index contributed by atoms with van der Waals surface area (Å²) in [5.74, 6) is -2.01. The van der Waals surface area contributed by atoms with Gasteiger partial charge in [-0.1, -0.05) is 11.6 Å². The van der Waals surface area contributed by atoms with Crippen LogP contribution in [0.5, 0.6) is 11.5 Å². The minimum Gasteiger partial charge on any atom is -0.507 e. The fourth-order valence-corrected chi connectivity index (χ4v) is 2.21. The molecule has 1 atom stereocenters. The Morgan fingerprint density at radius 3 is 2.13 bits per heavy atom. The normalized spacial score (nSPS) is 14.2. The molecule has 0 radical (unpaired) electrons. The predicted molar refractivity (Wildman–Crippen MR) is 84.7 cm³/mol. The molecule has 124 valence electrons. The van der Waals surface area contributed by atoms with Gasteiger partial charge in [0, 0.05) is 12.7 Å². The van der Waals surface area contributed by atoms with Crippen molar-refractivity contribution in [2.45, 2.75) is 26.4 Å². The fourth-order valence-electron chi connectivity index (χ4n) is 2.21. The first kappa shape index (κ1) is 18.6. The molecule has 0 saturated carbocycles. The Hall–Kier alpha value is -2.44. The third-order valence-electron chi connectivity index (χ3n) is 3.29. The zero-order valence-electron chi connectivity index (χ0n) is 13.2. The molecule has 1 aromatic rings. The molecule has 0 unspecified atom stereocenters. The number of allylic oxidation sites excluding steroid dienone is 2. The molecule has 23 heavy (non-hydrogen) atoms. The number of benzene rings is 1. The molecule has 0 saturated heterocycles. The number of fused-ring (bicyclic) bond motifs is 1. The summed E-state index contributed by atoms with van der Waals surface area (Å²) in [5, 5.41) is 36.5. The van der Waals surface area contributed by atoms with E-state index < -0.39 is 17.7 Å². The maximum absolute atomic E-state index is 12.3. The number of Topliss-reactive ketones (excluding diaryl/α,β-unsaturated/α-hetero) is 1. The summed E-state index contributed by atoms with van der Waals surface area (Å²) < 4.78 is 0. The Morgan fingerprint density at radius 1 is 1.09 bits per heavy atom. The molecule has 0 aromatic heterocycles. The van der Waals surface area contributed by atoms with Crippen LogP contribution in [0.3, 0.4) is 0 Å². The molecule has 6 nitrogen and oxygen atoms in total. The first-order chi connectivity index (χ1) is 10.8. The van der Waals surface area contributed by atoms with Crippen LogP contribution in [0.4, 0.5) is 0 Å². The topological polar surface area (TPSA) is 115 Å². The zero-order chi connectivity index (χ0) is 17.7. The van der Waals surface area contributed by atoms with E-state index in [9.17, 15) is 24.9 Å². The van der Waals surface area contributed by atoms with E-state index in [-0.39, 0.29) is 34.6 Å². The molecule has 1 aliphatic rings. The van der Waals surface area contributed by atoms with Crippen LogP contribution in [-0.2, 0) is 0 Å². The van der Waals surface area contributed by atoms with Crippen LogP contribution in [0.2, 0.25) is 0 Å². The van der Waals surface area contributed by atoms with E-state index in [0.29, 0.717) is 0 Å². The number of phenols is 2. The second-order valence-electron chi connectivity index (χ2n) is 5.18. The molecule has 0 fully saturated rings. The van der Waals surface area contributed by atoms with Crippen molar-refractivity contribution in [3.63, 3.8) is 0 Å². The summed E-state index contributed by atoms with van der Waals surface area (Å²) in [6.07, 6.45) is 1.84. The maximum Gasteiger partial charge on any atom is 0.196 e. The fraction of sp³-hybridized carbons (Fsp3) is 0.294. The van der Waals surface area contributed by atoms with E-state index in [1.807, 2.05) is 13.8 Å².